The predicted molar refractivity (Wildman–Crippen MR) is 71.3 cm³/mol. The molecule has 0 unspecified atom stereocenters. The molecule has 0 aliphatic rings. The van der Waals surface area contributed by atoms with E-state index in [4.69, 9.17) is 0 Å². The van der Waals surface area contributed by atoms with Gasteiger partial charge in [0.05, 0.1) is 13.5 Å². The molecule has 0 atom stereocenters. The van der Waals surface area contributed by atoms with E-state index in [-0.39, 0.29) is 5.97 Å². The minimum atomic E-state index is -0.154. The molecule has 0 heterocycles. The Balaban J connectivity index is 2.02. The summed E-state index contributed by atoms with van der Waals surface area (Å²) >= 11 is 1.68. The van der Waals surface area contributed by atoms with Crippen LogP contribution in [-0.4, -0.2) is 18.8 Å². The van der Waals surface area contributed by atoms with Gasteiger partial charge in [-0.1, -0.05) is 30.3 Å². The number of carbonyl (C=O) groups excluding carboxylic acids is 1. The van der Waals surface area contributed by atoms with Crippen LogP contribution in [0.25, 0.3) is 10.8 Å². The van der Waals surface area contributed by atoms with Crippen LogP contribution in [0.3, 0.4) is 0 Å². The van der Waals surface area contributed by atoms with Gasteiger partial charge in [0, 0.05) is 10.6 Å². The molecule has 0 saturated heterocycles. The number of fused-ring (bicyclic) bond motifs is 1. The highest BCUT2D eigenvalue weighted by Gasteiger charge is 2.01. The highest BCUT2D eigenvalue weighted by Crippen LogP contribution is 2.24. The second-order valence-corrected chi connectivity index (χ2v) is 4.85. The van der Waals surface area contributed by atoms with Crippen molar-refractivity contribution in [3.63, 3.8) is 0 Å². The molecule has 0 saturated carbocycles. The van der Waals surface area contributed by atoms with Gasteiger partial charge < -0.3 is 4.74 Å². The van der Waals surface area contributed by atoms with Crippen molar-refractivity contribution in [1.82, 2.24) is 0 Å². The van der Waals surface area contributed by atoms with Crippen molar-refractivity contribution in [2.45, 2.75) is 11.3 Å². The Hall–Kier alpha value is -1.48. The van der Waals surface area contributed by atoms with E-state index >= 15 is 0 Å². The second kappa shape index (κ2) is 5.73. The molecular weight excluding hydrogens is 232 g/mol. The third-order valence-electron chi connectivity index (χ3n) is 2.52. The molecule has 0 aliphatic carbocycles. The van der Waals surface area contributed by atoms with E-state index < -0.39 is 0 Å². The highest BCUT2D eigenvalue weighted by atomic mass is 32.2. The number of methoxy groups -OCH3 is 1. The Morgan fingerprint density at radius 3 is 2.71 bits per heavy atom. The first kappa shape index (κ1) is 12.0. The fourth-order valence-corrected chi connectivity index (χ4v) is 2.49. The van der Waals surface area contributed by atoms with Crippen LogP contribution >= 0.6 is 11.8 Å². The van der Waals surface area contributed by atoms with Gasteiger partial charge in [0.15, 0.2) is 0 Å². The molecule has 0 amide bonds. The molecule has 0 radical (unpaired) electrons. The number of hydrogen-bond acceptors (Lipinski definition) is 3. The first-order valence-electron chi connectivity index (χ1n) is 5.48. The number of esters is 1. The van der Waals surface area contributed by atoms with E-state index in [1.807, 2.05) is 12.1 Å². The number of ether oxygens (including phenoxy) is 1. The maximum Gasteiger partial charge on any atom is 0.306 e. The van der Waals surface area contributed by atoms with Crippen molar-refractivity contribution >= 4 is 28.5 Å². The van der Waals surface area contributed by atoms with Crippen LogP contribution in [-0.2, 0) is 9.53 Å². The van der Waals surface area contributed by atoms with Gasteiger partial charge in [-0.3, -0.25) is 4.79 Å². The Morgan fingerprint density at radius 1 is 1.18 bits per heavy atom. The van der Waals surface area contributed by atoms with Crippen LogP contribution < -0.4 is 0 Å². The molecule has 0 bridgehead atoms. The van der Waals surface area contributed by atoms with E-state index in [9.17, 15) is 4.79 Å². The average Bonchev–Trinajstić information content (AvgIpc) is 2.38. The summed E-state index contributed by atoms with van der Waals surface area (Å²) in [6, 6.07) is 14.6. The van der Waals surface area contributed by atoms with Gasteiger partial charge in [-0.25, -0.2) is 0 Å². The molecule has 0 aliphatic heterocycles. The number of thioether (sulfide) groups is 1. The summed E-state index contributed by atoms with van der Waals surface area (Å²) in [4.78, 5) is 12.2. The predicted octanol–water partition coefficient (Wildman–Crippen LogP) is 3.50. The summed E-state index contributed by atoms with van der Waals surface area (Å²) in [6.07, 6.45) is 0.452. The van der Waals surface area contributed by atoms with Crippen LogP contribution in [0.15, 0.2) is 47.4 Å². The van der Waals surface area contributed by atoms with Gasteiger partial charge in [-0.05, 0) is 22.9 Å². The van der Waals surface area contributed by atoms with Crippen LogP contribution in [0.2, 0.25) is 0 Å². The number of hydrogen-bond donors (Lipinski definition) is 0. The minimum absolute atomic E-state index is 0.154. The first-order valence-corrected chi connectivity index (χ1v) is 6.46. The second-order valence-electron chi connectivity index (χ2n) is 3.68. The highest BCUT2D eigenvalue weighted by molar-refractivity contribution is 7.99. The zero-order valence-electron chi connectivity index (χ0n) is 9.68. The number of carbonyl (C=O) groups is 1. The monoisotopic (exact) mass is 246 g/mol. The quantitative estimate of drug-likeness (QED) is 0.610. The molecule has 0 aromatic heterocycles. The average molecular weight is 246 g/mol. The van der Waals surface area contributed by atoms with Crippen molar-refractivity contribution in [3.8, 4) is 0 Å². The van der Waals surface area contributed by atoms with Crippen LogP contribution in [0, 0.1) is 0 Å². The summed E-state index contributed by atoms with van der Waals surface area (Å²) in [6.45, 7) is 0. The first-order chi connectivity index (χ1) is 8.29. The lowest BCUT2D eigenvalue weighted by atomic mass is 10.1. The minimum Gasteiger partial charge on any atom is -0.469 e. The lowest BCUT2D eigenvalue weighted by Gasteiger charge is -2.03. The maximum absolute atomic E-state index is 11.0. The van der Waals surface area contributed by atoms with Crippen molar-refractivity contribution < 1.29 is 9.53 Å². The zero-order valence-corrected chi connectivity index (χ0v) is 10.5. The molecule has 2 aromatic carbocycles. The van der Waals surface area contributed by atoms with E-state index in [1.54, 1.807) is 11.8 Å². The molecular formula is C14H14O2S. The number of benzene rings is 2. The molecule has 88 valence electrons. The largest absolute Gasteiger partial charge is 0.469 e. The smallest absolute Gasteiger partial charge is 0.306 e. The van der Waals surface area contributed by atoms with Crippen molar-refractivity contribution in [2.75, 3.05) is 12.9 Å². The molecule has 0 fully saturated rings. The van der Waals surface area contributed by atoms with E-state index in [0.29, 0.717) is 6.42 Å². The summed E-state index contributed by atoms with van der Waals surface area (Å²) in [5.74, 6) is 0.601. The van der Waals surface area contributed by atoms with Crippen LogP contribution in [0.5, 0.6) is 0 Å². The Morgan fingerprint density at radius 2 is 1.94 bits per heavy atom. The molecule has 3 heteroatoms. The molecule has 2 rings (SSSR count). The fraction of sp³-hybridized carbons (Fsp3) is 0.214. The SMILES string of the molecule is COC(=O)CCSc1ccc2ccccc2c1. The van der Waals surface area contributed by atoms with Gasteiger partial charge in [-0.2, -0.15) is 0 Å². The number of rotatable bonds is 4. The zero-order chi connectivity index (χ0) is 12.1. The molecule has 2 nitrogen and oxygen atoms in total. The van der Waals surface area contributed by atoms with E-state index in [0.717, 1.165) is 5.75 Å². The third kappa shape index (κ3) is 3.24. The fourth-order valence-electron chi connectivity index (χ4n) is 1.61. The molecule has 2 aromatic rings. The van der Waals surface area contributed by atoms with E-state index in [2.05, 4.69) is 35.1 Å². The normalized spacial score (nSPS) is 10.4. The van der Waals surface area contributed by atoms with Crippen molar-refractivity contribution in [2.24, 2.45) is 0 Å². The maximum atomic E-state index is 11.0. The lowest BCUT2D eigenvalue weighted by molar-refractivity contribution is -0.140. The summed E-state index contributed by atoms with van der Waals surface area (Å²) in [5, 5.41) is 2.47. The van der Waals surface area contributed by atoms with Gasteiger partial charge in [0.1, 0.15) is 0 Å². The lowest BCUT2D eigenvalue weighted by Crippen LogP contribution is -2.00. The summed E-state index contributed by atoms with van der Waals surface area (Å²) in [7, 11) is 1.42. The van der Waals surface area contributed by atoms with Crippen molar-refractivity contribution in [1.29, 1.82) is 0 Å². The summed E-state index contributed by atoms with van der Waals surface area (Å²) in [5.41, 5.74) is 0. The van der Waals surface area contributed by atoms with Crippen LogP contribution in [0.4, 0.5) is 0 Å². The van der Waals surface area contributed by atoms with Crippen molar-refractivity contribution in [3.05, 3.63) is 42.5 Å². The third-order valence-corrected chi connectivity index (χ3v) is 3.52. The molecule has 17 heavy (non-hydrogen) atoms. The van der Waals surface area contributed by atoms with Gasteiger partial charge >= 0.3 is 5.97 Å². The summed E-state index contributed by atoms with van der Waals surface area (Å²) < 4.78 is 4.61. The van der Waals surface area contributed by atoms with Gasteiger partial charge in [0.25, 0.3) is 0 Å². The van der Waals surface area contributed by atoms with Gasteiger partial charge in [0.2, 0.25) is 0 Å². The Bertz CT molecular complexity index is 522. The standard InChI is InChI=1S/C14H14O2S/c1-16-14(15)8-9-17-13-7-6-11-4-2-3-5-12(11)10-13/h2-7,10H,8-9H2,1H3. The molecule has 0 N–H and O–H groups in total. The Kier molecular flexibility index (Phi) is 4.04. The topological polar surface area (TPSA) is 26.3 Å². The van der Waals surface area contributed by atoms with Crippen LogP contribution in [0.1, 0.15) is 6.42 Å². The van der Waals surface area contributed by atoms with Gasteiger partial charge in [-0.15, -0.1) is 11.8 Å². The Labute approximate surface area is 105 Å². The van der Waals surface area contributed by atoms with E-state index in [1.165, 1.54) is 22.8 Å². The molecule has 0 spiro atoms.